The van der Waals surface area contributed by atoms with Crippen LogP contribution in [0.3, 0.4) is 0 Å². The Hall–Kier alpha value is -4.16. The Kier molecular flexibility index (Phi) is 4.69. The molecule has 0 aliphatic heterocycles. The Labute approximate surface area is 195 Å². The number of carbonyl (C=O) groups excluding carboxylic acids is 1. The molecule has 4 N–H and O–H groups in total. The molecule has 35 heavy (non-hydrogen) atoms. The highest BCUT2D eigenvalue weighted by Crippen LogP contribution is 2.52. The highest BCUT2D eigenvalue weighted by molar-refractivity contribution is 6.00. The van der Waals surface area contributed by atoms with Crippen LogP contribution in [0.1, 0.15) is 37.4 Å². The van der Waals surface area contributed by atoms with Gasteiger partial charge in [0.15, 0.2) is 5.65 Å². The number of benzene rings is 1. The molecule has 2 fully saturated rings. The van der Waals surface area contributed by atoms with E-state index in [1.165, 1.54) is 24.5 Å². The molecule has 13 heteroatoms. The van der Waals surface area contributed by atoms with Crippen molar-refractivity contribution in [2.45, 2.75) is 43.6 Å². The Balaban J connectivity index is 1.21. The molecule has 2 saturated carbocycles. The van der Waals surface area contributed by atoms with E-state index in [2.05, 4.69) is 30.9 Å². The number of amides is 2. The third kappa shape index (κ3) is 3.63. The summed E-state index contributed by atoms with van der Waals surface area (Å²) in [7, 11) is 0. The fraction of sp³-hybridized carbons (Fsp3) is 0.318. The molecule has 180 valence electrons. The predicted octanol–water partition coefficient (Wildman–Crippen LogP) is 4.48. The van der Waals surface area contributed by atoms with Crippen LogP contribution in [0.25, 0.3) is 22.3 Å². The zero-order valence-electron chi connectivity index (χ0n) is 18.1. The molecule has 0 radical (unpaired) electrons. The van der Waals surface area contributed by atoms with Crippen molar-refractivity contribution >= 4 is 34.5 Å². The van der Waals surface area contributed by atoms with E-state index in [4.69, 9.17) is 10.3 Å². The number of nitrogens with one attached hydrogen (secondary N) is 2. The number of fused-ring (bicyclic) bond motifs is 1. The van der Waals surface area contributed by atoms with Crippen molar-refractivity contribution in [3.8, 4) is 11.3 Å². The highest BCUT2D eigenvalue weighted by atomic mass is 19.3. The number of hydrogen-bond donors (Lipinski definition) is 3. The quantitative estimate of drug-likeness (QED) is 0.367. The highest BCUT2D eigenvalue weighted by Gasteiger charge is 2.54. The number of aromatic nitrogens is 5. The first-order valence-corrected chi connectivity index (χ1v) is 11.0. The summed E-state index contributed by atoms with van der Waals surface area (Å²) >= 11 is 0. The number of rotatable bonds is 6. The van der Waals surface area contributed by atoms with Crippen LogP contribution in [-0.2, 0) is 5.41 Å². The number of alkyl halides is 2. The van der Waals surface area contributed by atoms with Crippen molar-refractivity contribution < 1.29 is 22.5 Å². The molecule has 2 aliphatic carbocycles. The fourth-order valence-corrected chi connectivity index (χ4v) is 4.09. The zero-order chi connectivity index (χ0) is 24.3. The SMILES string of the molecule is Nc1ncnc2c1c(-c1ccc(NC(=O)Nc3cc(C4(C(F)F)CC4)no3)c(F)c1)nn2C1CC1. The standard InChI is InChI=1S/C22H19F3N8O2/c23-12-7-10(17-16-18(26)27-9-28-19(16)33(31-17)11-2-3-11)1-4-13(12)29-21(34)30-15-8-14(32-35-15)22(5-6-22)20(24)25/h1,4,7-9,11,20H,2-3,5-6H2,(H2,26,27,28)(H2,29,30,34). The molecule has 0 atom stereocenters. The minimum absolute atomic E-state index is 0.0828. The molecule has 1 aromatic carbocycles. The Morgan fingerprint density at radius 3 is 2.69 bits per heavy atom. The van der Waals surface area contributed by atoms with E-state index >= 15 is 0 Å². The third-order valence-corrected chi connectivity index (χ3v) is 6.36. The van der Waals surface area contributed by atoms with E-state index in [0.29, 0.717) is 35.1 Å². The van der Waals surface area contributed by atoms with Crippen LogP contribution in [0.5, 0.6) is 0 Å². The van der Waals surface area contributed by atoms with Gasteiger partial charge in [-0.15, -0.1) is 0 Å². The lowest BCUT2D eigenvalue weighted by Gasteiger charge is -2.09. The fourth-order valence-electron chi connectivity index (χ4n) is 4.09. The first-order valence-electron chi connectivity index (χ1n) is 11.0. The lowest BCUT2D eigenvalue weighted by atomic mass is 10.0. The van der Waals surface area contributed by atoms with Gasteiger partial charge in [-0.1, -0.05) is 11.2 Å². The summed E-state index contributed by atoms with van der Waals surface area (Å²) in [4.78, 5) is 20.7. The van der Waals surface area contributed by atoms with Gasteiger partial charge in [-0.05, 0) is 37.8 Å². The van der Waals surface area contributed by atoms with Crippen LogP contribution in [0.4, 0.5) is 35.4 Å². The second-order valence-electron chi connectivity index (χ2n) is 8.79. The van der Waals surface area contributed by atoms with E-state index in [1.807, 2.05) is 0 Å². The van der Waals surface area contributed by atoms with Gasteiger partial charge in [-0.2, -0.15) is 5.10 Å². The van der Waals surface area contributed by atoms with E-state index in [-0.39, 0.29) is 29.1 Å². The van der Waals surface area contributed by atoms with Gasteiger partial charge < -0.3 is 15.6 Å². The number of hydrogen-bond acceptors (Lipinski definition) is 7. The number of nitrogens with zero attached hydrogens (tertiary/aromatic N) is 5. The molecule has 10 nitrogen and oxygen atoms in total. The van der Waals surface area contributed by atoms with Gasteiger partial charge in [-0.25, -0.2) is 32.6 Å². The maximum Gasteiger partial charge on any atom is 0.326 e. The van der Waals surface area contributed by atoms with Gasteiger partial charge in [0.1, 0.15) is 23.7 Å². The van der Waals surface area contributed by atoms with Gasteiger partial charge >= 0.3 is 6.03 Å². The first-order chi connectivity index (χ1) is 16.9. The van der Waals surface area contributed by atoms with E-state index in [0.717, 1.165) is 12.8 Å². The van der Waals surface area contributed by atoms with Crippen molar-refractivity contribution in [1.82, 2.24) is 24.9 Å². The summed E-state index contributed by atoms with van der Waals surface area (Å²) in [6.45, 7) is 0. The minimum Gasteiger partial charge on any atom is -0.383 e. The van der Waals surface area contributed by atoms with Crippen molar-refractivity contribution in [2.75, 3.05) is 16.4 Å². The predicted molar refractivity (Wildman–Crippen MR) is 119 cm³/mol. The second-order valence-corrected chi connectivity index (χ2v) is 8.79. The van der Waals surface area contributed by atoms with Crippen LogP contribution in [0, 0.1) is 5.82 Å². The molecular weight excluding hydrogens is 465 g/mol. The van der Waals surface area contributed by atoms with Crippen LogP contribution >= 0.6 is 0 Å². The van der Waals surface area contributed by atoms with E-state index < -0.39 is 23.7 Å². The molecule has 6 rings (SSSR count). The van der Waals surface area contributed by atoms with Crippen molar-refractivity contribution in [3.63, 3.8) is 0 Å². The van der Waals surface area contributed by atoms with Crippen molar-refractivity contribution in [1.29, 1.82) is 0 Å². The number of anilines is 3. The summed E-state index contributed by atoms with van der Waals surface area (Å²) in [6, 6.07) is 4.87. The molecule has 3 aromatic heterocycles. The topological polar surface area (TPSA) is 137 Å². The van der Waals surface area contributed by atoms with Crippen LogP contribution in [0.15, 0.2) is 35.1 Å². The van der Waals surface area contributed by atoms with Gasteiger partial charge in [-0.3, -0.25) is 5.32 Å². The molecule has 0 saturated heterocycles. The van der Waals surface area contributed by atoms with E-state index in [9.17, 15) is 18.0 Å². The normalized spacial score (nSPS) is 16.6. The summed E-state index contributed by atoms with van der Waals surface area (Å²) in [6.07, 6.45) is 1.34. The molecule has 2 amide bonds. The zero-order valence-corrected chi connectivity index (χ0v) is 18.1. The number of urea groups is 1. The molecule has 4 aromatic rings. The Morgan fingerprint density at radius 1 is 1.20 bits per heavy atom. The Morgan fingerprint density at radius 2 is 2.00 bits per heavy atom. The molecule has 3 heterocycles. The maximum absolute atomic E-state index is 14.9. The molecule has 0 bridgehead atoms. The van der Waals surface area contributed by atoms with Crippen molar-refractivity contribution in [2.24, 2.45) is 0 Å². The molecule has 2 aliphatic rings. The summed E-state index contributed by atoms with van der Waals surface area (Å²) in [5.74, 6) is -0.589. The lowest BCUT2D eigenvalue weighted by molar-refractivity contribution is 0.0980. The number of halogens is 3. The van der Waals surface area contributed by atoms with E-state index in [1.54, 1.807) is 10.7 Å². The van der Waals surface area contributed by atoms with Gasteiger partial charge in [0.05, 0.1) is 28.2 Å². The molecular formula is C22H19F3N8O2. The Bertz CT molecular complexity index is 1460. The maximum atomic E-state index is 14.9. The number of nitrogen functional groups attached to an aromatic ring is 1. The summed E-state index contributed by atoms with van der Waals surface area (Å²) in [5.41, 5.74) is 6.21. The lowest BCUT2D eigenvalue weighted by Crippen LogP contribution is -2.20. The average molecular weight is 484 g/mol. The summed E-state index contributed by atoms with van der Waals surface area (Å²) < 4.78 is 48.1. The first kappa shape index (κ1) is 21.4. The minimum atomic E-state index is -2.57. The smallest absolute Gasteiger partial charge is 0.326 e. The van der Waals surface area contributed by atoms with Crippen LogP contribution < -0.4 is 16.4 Å². The monoisotopic (exact) mass is 484 g/mol. The average Bonchev–Trinajstić information content (AvgIpc) is 3.75. The number of nitrogens with two attached hydrogens (primary N) is 1. The second kappa shape index (κ2) is 7.68. The van der Waals surface area contributed by atoms with Gasteiger partial charge in [0.25, 0.3) is 0 Å². The van der Waals surface area contributed by atoms with Gasteiger partial charge in [0, 0.05) is 11.6 Å². The third-order valence-electron chi connectivity index (χ3n) is 6.36. The van der Waals surface area contributed by atoms with Crippen LogP contribution in [0.2, 0.25) is 0 Å². The molecule has 0 spiro atoms. The number of carbonyl (C=O) groups is 1. The van der Waals surface area contributed by atoms with Crippen molar-refractivity contribution in [3.05, 3.63) is 42.1 Å². The summed E-state index contributed by atoms with van der Waals surface area (Å²) in [5, 5.41) is 13.5. The molecule has 0 unspecified atom stereocenters. The van der Waals surface area contributed by atoms with Crippen LogP contribution in [-0.4, -0.2) is 37.4 Å². The van der Waals surface area contributed by atoms with Gasteiger partial charge in [0.2, 0.25) is 12.3 Å². The largest absolute Gasteiger partial charge is 0.383 e.